The van der Waals surface area contributed by atoms with Crippen LogP contribution in [0.15, 0.2) is 22.7 Å². The molecule has 4 heteroatoms. The highest BCUT2D eigenvalue weighted by molar-refractivity contribution is 9.10. The second kappa shape index (κ2) is 7.63. The van der Waals surface area contributed by atoms with Gasteiger partial charge in [0.05, 0.1) is 11.6 Å². The number of benzene rings is 1. The minimum Gasteiger partial charge on any atom is -0.381 e. The summed E-state index contributed by atoms with van der Waals surface area (Å²) in [6.45, 7) is 4.96. The van der Waals surface area contributed by atoms with Gasteiger partial charge in [0, 0.05) is 23.0 Å². The monoisotopic (exact) mass is 345 g/mol. The van der Waals surface area contributed by atoms with E-state index in [1.807, 2.05) is 6.07 Å². The first-order valence-corrected chi connectivity index (χ1v) is 8.15. The SMILES string of the molecule is CCCNC(c1ccc(Br)c(Cl)c1)C1CCCOC1. The zero-order chi connectivity index (χ0) is 13.7. The molecule has 1 aromatic rings. The predicted molar refractivity (Wildman–Crippen MR) is 83.7 cm³/mol. The standard InChI is InChI=1S/C15H21BrClNO/c1-2-7-18-15(12-4-3-8-19-10-12)11-5-6-13(16)14(17)9-11/h5-6,9,12,15,18H,2-4,7-8,10H2,1H3. The lowest BCUT2D eigenvalue weighted by Gasteiger charge is -2.31. The van der Waals surface area contributed by atoms with E-state index in [4.69, 9.17) is 16.3 Å². The summed E-state index contributed by atoms with van der Waals surface area (Å²) >= 11 is 9.68. The highest BCUT2D eigenvalue weighted by Crippen LogP contribution is 2.32. The molecular formula is C15H21BrClNO. The van der Waals surface area contributed by atoms with Gasteiger partial charge in [0.1, 0.15) is 0 Å². The van der Waals surface area contributed by atoms with E-state index in [2.05, 4.69) is 40.3 Å². The summed E-state index contributed by atoms with van der Waals surface area (Å²) in [5.41, 5.74) is 1.26. The molecular weight excluding hydrogens is 326 g/mol. The number of halogens is 2. The molecule has 0 amide bonds. The topological polar surface area (TPSA) is 21.3 Å². The van der Waals surface area contributed by atoms with Crippen molar-refractivity contribution in [3.05, 3.63) is 33.3 Å². The zero-order valence-electron chi connectivity index (χ0n) is 11.3. The van der Waals surface area contributed by atoms with Crippen LogP contribution in [0, 0.1) is 5.92 Å². The van der Waals surface area contributed by atoms with Gasteiger partial charge in [0.2, 0.25) is 0 Å². The van der Waals surface area contributed by atoms with Crippen molar-refractivity contribution in [3.63, 3.8) is 0 Å². The average molecular weight is 347 g/mol. The van der Waals surface area contributed by atoms with Crippen LogP contribution in [0.2, 0.25) is 5.02 Å². The molecule has 0 bridgehead atoms. The van der Waals surface area contributed by atoms with Crippen LogP contribution >= 0.6 is 27.5 Å². The summed E-state index contributed by atoms with van der Waals surface area (Å²) < 4.78 is 6.59. The van der Waals surface area contributed by atoms with Crippen LogP contribution < -0.4 is 5.32 Å². The Morgan fingerprint density at radius 1 is 1.53 bits per heavy atom. The Hall–Kier alpha value is -0.0900. The molecule has 2 nitrogen and oxygen atoms in total. The number of ether oxygens (including phenoxy) is 1. The van der Waals surface area contributed by atoms with E-state index >= 15 is 0 Å². The molecule has 2 unspecified atom stereocenters. The van der Waals surface area contributed by atoms with E-state index in [-0.39, 0.29) is 0 Å². The van der Waals surface area contributed by atoms with E-state index in [0.717, 1.165) is 42.1 Å². The maximum atomic E-state index is 6.22. The Morgan fingerprint density at radius 2 is 2.37 bits per heavy atom. The van der Waals surface area contributed by atoms with Crippen LogP contribution in [0.5, 0.6) is 0 Å². The Labute approximate surface area is 129 Å². The lowest BCUT2D eigenvalue weighted by atomic mass is 9.88. The molecule has 1 fully saturated rings. The fraction of sp³-hybridized carbons (Fsp3) is 0.600. The van der Waals surface area contributed by atoms with Crippen LogP contribution in [0.3, 0.4) is 0 Å². The molecule has 106 valence electrons. The number of hydrogen-bond acceptors (Lipinski definition) is 2. The minimum atomic E-state index is 0.339. The van der Waals surface area contributed by atoms with Crippen LogP contribution in [0.4, 0.5) is 0 Å². The lowest BCUT2D eigenvalue weighted by Crippen LogP contribution is -2.33. The third-order valence-corrected chi connectivity index (χ3v) is 4.82. The molecule has 1 saturated heterocycles. The van der Waals surface area contributed by atoms with Gasteiger partial charge < -0.3 is 10.1 Å². The van der Waals surface area contributed by atoms with Crippen molar-refractivity contribution >= 4 is 27.5 Å². The van der Waals surface area contributed by atoms with Crippen molar-refractivity contribution in [2.45, 2.75) is 32.2 Å². The normalized spacial score (nSPS) is 21.3. The summed E-state index contributed by atoms with van der Waals surface area (Å²) in [7, 11) is 0. The second-order valence-corrected chi connectivity index (χ2v) is 6.34. The minimum absolute atomic E-state index is 0.339. The van der Waals surface area contributed by atoms with Crippen molar-refractivity contribution in [1.82, 2.24) is 5.32 Å². The maximum Gasteiger partial charge on any atom is 0.0551 e. The zero-order valence-corrected chi connectivity index (χ0v) is 13.6. The van der Waals surface area contributed by atoms with Gasteiger partial charge in [-0.25, -0.2) is 0 Å². The number of rotatable bonds is 5. The highest BCUT2D eigenvalue weighted by Gasteiger charge is 2.25. The third kappa shape index (κ3) is 4.19. The molecule has 0 saturated carbocycles. The van der Waals surface area contributed by atoms with Gasteiger partial charge >= 0.3 is 0 Å². The van der Waals surface area contributed by atoms with Gasteiger partial charge in [0.25, 0.3) is 0 Å². The third-order valence-electron chi connectivity index (χ3n) is 3.58. The summed E-state index contributed by atoms with van der Waals surface area (Å²) in [5, 5.41) is 4.42. The van der Waals surface area contributed by atoms with Crippen molar-refractivity contribution in [2.24, 2.45) is 5.92 Å². The van der Waals surface area contributed by atoms with Gasteiger partial charge in [-0.15, -0.1) is 0 Å². The first kappa shape index (κ1) is 15.3. The molecule has 1 aromatic carbocycles. The average Bonchev–Trinajstić information content (AvgIpc) is 2.44. The van der Waals surface area contributed by atoms with Crippen molar-refractivity contribution in [3.8, 4) is 0 Å². The Kier molecular flexibility index (Phi) is 6.14. The summed E-state index contributed by atoms with van der Waals surface area (Å²) in [6, 6.07) is 6.58. The Morgan fingerprint density at radius 3 is 3.00 bits per heavy atom. The van der Waals surface area contributed by atoms with E-state index in [1.54, 1.807) is 0 Å². The molecule has 19 heavy (non-hydrogen) atoms. The van der Waals surface area contributed by atoms with Crippen LogP contribution in [0.1, 0.15) is 37.8 Å². The Bertz CT molecular complexity index is 407. The maximum absolute atomic E-state index is 6.22. The molecule has 2 atom stereocenters. The first-order chi connectivity index (χ1) is 9.22. The summed E-state index contributed by atoms with van der Waals surface area (Å²) in [5.74, 6) is 0.539. The van der Waals surface area contributed by atoms with Crippen LogP contribution in [0.25, 0.3) is 0 Å². The smallest absolute Gasteiger partial charge is 0.0551 e. The van der Waals surface area contributed by atoms with E-state index in [0.29, 0.717) is 12.0 Å². The van der Waals surface area contributed by atoms with E-state index in [1.165, 1.54) is 12.0 Å². The van der Waals surface area contributed by atoms with Crippen molar-refractivity contribution in [2.75, 3.05) is 19.8 Å². The molecule has 0 aliphatic carbocycles. The first-order valence-electron chi connectivity index (χ1n) is 6.98. The van der Waals surface area contributed by atoms with Crippen molar-refractivity contribution in [1.29, 1.82) is 0 Å². The largest absolute Gasteiger partial charge is 0.381 e. The number of hydrogen-bond donors (Lipinski definition) is 1. The molecule has 1 heterocycles. The molecule has 0 radical (unpaired) electrons. The van der Waals surface area contributed by atoms with Crippen molar-refractivity contribution < 1.29 is 4.74 Å². The van der Waals surface area contributed by atoms with Gasteiger partial charge in [-0.2, -0.15) is 0 Å². The highest BCUT2D eigenvalue weighted by atomic mass is 79.9. The Balaban J connectivity index is 2.17. The van der Waals surface area contributed by atoms with Gasteiger partial charge in [0.15, 0.2) is 0 Å². The summed E-state index contributed by atoms with van der Waals surface area (Å²) in [4.78, 5) is 0. The van der Waals surface area contributed by atoms with Crippen LogP contribution in [-0.2, 0) is 4.74 Å². The van der Waals surface area contributed by atoms with E-state index in [9.17, 15) is 0 Å². The van der Waals surface area contributed by atoms with Crippen LogP contribution in [-0.4, -0.2) is 19.8 Å². The molecule has 2 rings (SSSR count). The lowest BCUT2D eigenvalue weighted by molar-refractivity contribution is 0.0390. The molecule has 0 spiro atoms. The summed E-state index contributed by atoms with van der Waals surface area (Å²) in [6.07, 6.45) is 3.50. The quantitative estimate of drug-likeness (QED) is 0.843. The predicted octanol–water partition coefficient (Wildman–Crippen LogP) is 4.57. The fourth-order valence-electron chi connectivity index (χ4n) is 2.59. The van der Waals surface area contributed by atoms with E-state index < -0.39 is 0 Å². The molecule has 1 aliphatic heterocycles. The van der Waals surface area contributed by atoms with Gasteiger partial charge in [-0.1, -0.05) is 24.6 Å². The fourth-order valence-corrected chi connectivity index (χ4v) is 3.03. The molecule has 0 aromatic heterocycles. The van der Waals surface area contributed by atoms with Gasteiger partial charge in [-0.3, -0.25) is 0 Å². The molecule has 1 aliphatic rings. The number of nitrogens with one attached hydrogen (secondary N) is 1. The second-order valence-electron chi connectivity index (χ2n) is 5.08. The molecule has 1 N–H and O–H groups in total. The van der Waals surface area contributed by atoms with Gasteiger partial charge in [-0.05, 0) is 59.4 Å².